The van der Waals surface area contributed by atoms with Crippen LogP contribution in [-0.2, 0) is 4.79 Å². The molecule has 0 amide bonds. The summed E-state index contributed by atoms with van der Waals surface area (Å²) in [6.45, 7) is 0. The first-order valence-corrected chi connectivity index (χ1v) is 8.09. The van der Waals surface area contributed by atoms with E-state index in [4.69, 9.17) is 5.11 Å². The Morgan fingerprint density at radius 1 is 0.955 bits per heavy atom. The lowest BCUT2D eigenvalue weighted by Crippen LogP contribution is -2.14. The highest BCUT2D eigenvalue weighted by Gasteiger charge is 2.39. The zero-order chi connectivity index (χ0) is 17.0. The second kappa shape index (κ2) is 7.85. The lowest BCUT2D eigenvalue weighted by Gasteiger charge is -2.24. The van der Waals surface area contributed by atoms with Crippen LogP contribution in [0.4, 0.5) is 26.3 Å². The molecule has 1 aliphatic carbocycles. The second-order valence-electron chi connectivity index (χ2n) is 4.86. The minimum absolute atomic E-state index is 0.207. The van der Waals surface area contributed by atoms with Gasteiger partial charge in [-0.05, 0) is 35.9 Å². The minimum atomic E-state index is -4.95. The fraction of sp³-hybridized carbons (Fsp3) is 0.750. The number of rotatable bonds is 5. The summed E-state index contributed by atoms with van der Waals surface area (Å²) in [6.07, 6.45) is 3.45. The van der Waals surface area contributed by atoms with E-state index in [0.29, 0.717) is 12.8 Å². The van der Waals surface area contributed by atoms with E-state index in [1.807, 2.05) is 0 Å². The van der Waals surface area contributed by atoms with Gasteiger partial charge in [-0.1, -0.05) is 32.1 Å². The smallest absolute Gasteiger partial charge is 0.446 e. The lowest BCUT2D eigenvalue weighted by atomic mass is 9.87. The molecule has 128 valence electrons. The number of thioether (sulfide) groups is 2. The first-order valence-electron chi connectivity index (χ1n) is 6.46. The first kappa shape index (κ1) is 19.5. The van der Waals surface area contributed by atoms with Crippen molar-refractivity contribution < 1.29 is 36.2 Å². The predicted molar refractivity (Wildman–Crippen MR) is 73.1 cm³/mol. The average Bonchev–Trinajstić information content (AvgIpc) is 2.33. The van der Waals surface area contributed by atoms with Crippen LogP contribution in [0.3, 0.4) is 0 Å². The molecule has 0 saturated heterocycles. The highest BCUT2D eigenvalue weighted by molar-refractivity contribution is 8.08. The van der Waals surface area contributed by atoms with E-state index < -0.39 is 50.3 Å². The van der Waals surface area contributed by atoms with Crippen molar-refractivity contribution in [1.82, 2.24) is 0 Å². The Bertz CT molecular complexity index is 424. The van der Waals surface area contributed by atoms with Gasteiger partial charge in [-0.3, -0.25) is 0 Å². The lowest BCUT2D eigenvalue weighted by molar-refractivity contribution is -0.132. The number of hydrogen-bond acceptors (Lipinski definition) is 3. The molecule has 0 aliphatic heterocycles. The maximum Gasteiger partial charge on any atom is 0.446 e. The van der Waals surface area contributed by atoms with Crippen LogP contribution in [0.2, 0.25) is 0 Å². The SMILES string of the molecule is O=C(O)/C(SC(F)(F)F)=C(/CC1CCCCC1)SC(F)(F)F. The van der Waals surface area contributed by atoms with Gasteiger partial charge in [0.25, 0.3) is 0 Å². The summed E-state index contributed by atoms with van der Waals surface area (Å²) in [4.78, 5) is 8.95. The molecule has 0 heterocycles. The molecule has 0 radical (unpaired) electrons. The number of aliphatic carboxylic acids is 1. The zero-order valence-corrected chi connectivity index (χ0v) is 12.9. The highest BCUT2D eigenvalue weighted by Crippen LogP contribution is 2.47. The zero-order valence-electron chi connectivity index (χ0n) is 11.3. The molecule has 0 aromatic heterocycles. The van der Waals surface area contributed by atoms with Crippen molar-refractivity contribution in [2.45, 2.75) is 49.5 Å². The molecule has 1 aliphatic rings. The molecule has 10 heteroatoms. The second-order valence-corrected chi connectivity index (χ2v) is 7.10. The van der Waals surface area contributed by atoms with Crippen molar-refractivity contribution in [1.29, 1.82) is 0 Å². The molecule has 0 atom stereocenters. The Morgan fingerprint density at radius 2 is 1.45 bits per heavy atom. The van der Waals surface area contributed by atoms with Crippen molar-refractivity contribution in [3.05, 3.63) is 9.81 Å². The van der Waals surface area contributed by atoms with Gasteiger partial charge in [-0.25, -0.2) is 4.79 Å². The molecular weight excluding hydrogens is 354 g/mol. The van der Waals surface area contributed by atoms with E-state index in [9.17, 15) is 31.1 Å². The van der Waals surface area contributed by atoms with Crippen LogP contribution in [0.25, 0.3) is 0 Å². The summed E-state index contributed by atoms with van der Waals surface area (Å²) in [7, 11) is 0. The molecule has 0 unspecified atom stereocenters. The fourth-order valence-corrected chi connectivity index (χ4v) is 3.85. The molecule has 1 fully saturated rings. The Kier molecular flexibility index (Phi) is 6.97. The number of alkyl halides is 6. The number of halogens is 6. The number of allylic oxidation sites excluding steroid dienone is 1. The molecule has 0 aromatic rings. The average molecular weight is 368 g/mol. The molecule has 1 saturated carbocycles. The van der Waals surface area contributed by atoms with Gasteiger partial charge in [0.05, 0.1) is 0 Å². The summed E-state index contributed by atoms with van der Waals surface area (Å²) in [5.41, 5.74) is -9.77. The van der Waals surface area contributed by atoms with Gasteiger partial charge in [0.2, 0.25) is 0 Å². The van der Waals surface area contributed by atoms with Gasteiger partial charge >= 0.3 is 17.0 Å². The molecule has 1 rings (SSSR count). The predicted octanol–water partition coefficient (Wildman–Crippen LogP) is 5.76. The first-order chi connectivity index (χ1) is 9.98. The Hall–Kier alpha value is -0.510. The van der Waals surface area contributed by atoms with Gasteiger partial charge < -0.3 is 5.11 Å². The Balaban J connectivity index is 3.06. The minimum Gasteiger partial charge on any atom is -0.477 e. The van der Waals surface area contributed by atoms with Gasteiger partial charge in [-0.15, -0.1) is 0 Å². The molecule has 1 N–H and O–H groups in total. The normalized spacial score (nSPS) is 19.0. The van der Waals surface area contributed by atoms with Crippen LogP contribution in [0, 0.1) is 5.92 Å². The van der Waals surface area contributed by atoms with Crippen LogP contribution in [0.15, 0.2) is 9.81 Å². The highest BCUT2D eigenvalue weighted by atomic mass is 32.2. The van der Waals surface area contributed by atoms with Crippen molar-refractivity contribution >= 4 is 29.5 Å². The van der Waals surface area contributed by atoms with E-state index >= 15 is 0 Å². The number of carbonyl (C=O) groups is 1. The Labute approximate surface area is 131 Å². The summed E-state index contributed by atoms with van der Waals surface area (Å²) in [5, 5.41) is 8.87. The van der Waals surface area contributed by atoms with E-state index in [2.05, 4.69) is 0 Å². The third-order valence-electron chi connectivity index (χ3n) is 3.10. The summed E-state index contributed by atoms with van der Waals surface area (Å²) < 4.78 is 74.9. The molecule has 2 nitrogen and oxygen atoms in total. The molecule has 0 aromatic carbocycles. The number of carboxylic acid groups (broad SMARTS) is 1. The van der Waals surface area contributed by atoms with Crippen molar-refractivity contribution in [2.75, 3.05) is 0 Å². The Morgan fingerprint density at radius 3 is 1.86 bits per heavy atom. The van der Waals surface area contributed by atoms with Crippen molar-refractivity contribution in [3.63, 3.8) is 0 Å². The summed E-state index contributed by atoms with van der Waals surface area (Å²) in [6, 6.07) is 0. The standard InChI is InChI=1S/C12H14F6O2S2/c13-11(14,15)21-8(6-7-4-2-1-3-5-7)9(10(19)20)22-12(16,17)18/h7H,1-6H2,(H,19,20)/b9-8+. The topological polar surface area (TPSA) is 37.3 Å². The van der Waals surface area contributed by atoms with Gasteiger partial charge in [0, 0.05) is 4.91 Å². The molecule has 0 bridgehead atoms. The van der Waals surface area contributed by atoms with Gasteiger partial charge in [-0.2, -0.15) is 26.3 Å². The van der Waals surface area contributed by atoms with E-state index in [1.165, 1.54) is 0 Å². The van der Waals surface area contributed by atoms with Crippen LogP contribution in [-0.4, -0.2) is 22.1 Å². The largest absolute Gasteiger partial charge is 0.477 e. The maximum absolute atomic E-state index is 12.6. The van der Waals surface area contributed by atoms with Crippen molar-refractivity contribution in [2.24, 2.45) is 5.92 Å². The number of hydrogen-bond donors (Lipinski definition) is 1. The van der Waals surface area contributed by atoms with Gasteiger partial charge in [0.1, 0.15) is 4.91 Å². The van der Waals surface area contributed by atoms with Crippen LogP contribution >= 0.6 is 23.5 Å². The van der Waals surface area contributed by atoms with Crippen molar-refractivity contribution in [3.8, 4) is 0 Å². The summed E-state index contributed by atoms with van der Waals surface area (Å²) >= 11 is -1.74. The third kappa shape index (κ3) is 7.66. The van der Waals surface area contributed by atoms with E-state index in [0.717, 1.165) is 19.3 Å². The molecule has 0 spiro atoms. The fourth-order valence-electron chi connectivity index (χ4n) is 2.31. The quantitative estimate of drug-likeness (QED) is 0.495. The number of carboxylic acids is 1. The van der Waals surface area contributed by atoms with Crippen LogP contribution in [0.5, 0.6) is 0 Å². The summed E-state index contributed by atoms with van der Waals surface area (Å²) in [5.74, 6) is -2.19. The van der Waals surface area contributed by atoms with Crippen LogP contribution < -0.4 is 0 Å². The van der Waals surface area contributed by atoms with E-state index in [-0.39, 0.29) is 12.3 Å². The third-order valence-corrected chi connectivity index (χ3v) is 4.94. The molecule has 22 heavy (non-hydrogen) atoms. The molecular formula is C12H14F6O2S2. The maximum atomic E-state index is 12.6. The van der Waals surface area contributed by atoms with Crippen LogP contribution in [0.1, 0.15) is 38.5 Å². The van der Waals surface area contributed by atoms with Gasteiger partial charge in [0.15, 0.2) is 0 Å². The monoisotopic (exact) mass is 368 g/mol. The van der Waals surface area contributed by atoms with E-state index in [1.54, 1.807) is 0 Å².